The largest absolute Gasteiger partial charge is 0.351 e. The van der Waals surface area contributed by atoms with E-state index in [0.717, 1.165) is 5.92 Å². The molecule has 2 heterocycles. The first-order chi connectivity index (χ1) is 7.36. The Balaban J connectivity index is 2.14. The van der Waals surface area contributed by atoms with Crippen LogP contribution >= 0.6 is 0 Å². The van der Waals surface area contributed by atoms with Crippen molar-refractivity contribution in [2.45, 2.75) is 18.8 Å². The summed E-state index contributed by atoms with van der Waals surface area (Å²) in [4.78, 5) is 4.24. The fourth-order valence-corrected chi connectivity index (χ4v) is 2.11. The summed E-state index contributed by atoms with van der Waals surface area (Å²) in [5.41, 5.74) is 4.03. The van der Waals surface area contributed by atoms with Crippen LogP contribution in [0.15, 0.2) is 36.8 Å². The molecule has 0 N–H and O–H groups in total. The minimum absolute atomic E-state index is 0.776. The van der Waals surface area contributed by atoms with Crippen molar-refractivity contribution in [2.24, 2.45) is 7.05 Å². The molecule has 2 heteroatoms. The molecule has 0 unspecified atom stereocenters. The van der Waals surface area contributed by atoms with Crippen LogP contribution < -0.4 is 0 Å². The standard InChI is InChI=1S/C13H14N2/c1-15-8-2-3-13(15)12-9-14-7-6-11(12)10-4-5-10/h2-3,6-10H,4-5H2,1H3. The Kier molecular flexibility index (Phi) is 1.88. The van der Waals surface area contributed by atoms with Crippen LogP contribution in [0, 0.1) is 0 Å². The van der Waals surface area contributed by atoms with Crippen molar-refractivity contribution >= 4 is 0 Å². The number of pyridine rings is 1. The van der Waals surface area contributed by atoms with Gasteiger partial charge >= 0.3 is 0 Å². The van der Waals surface area contributed by atoms with Crippen LogP contribution in [0.25, 0.3) is 11.3 Å². The maximum Gasteiger partial charge on any atom is 0.0496 e. The van der Waals surface area contributed by atoms with Crippen LogP contribution in [-0.4, -0.2) is 9.55 Å². The summed E-state index contributed by atoms with van der Waals surface area (Å²) in [6.45, 7) is 0. The summed E-state index contributed by atoms with van der Waals surface area (Å²) < 4.78 is 2.16. The zero-order valence-electron chi connectivity index (χ0n) is 8.85. The van der Waals surface area contributed by atoms with Crippen LogP contribution in [0.2, 0.25) is 0 Å². The molecule has 3 rings (SSSR count). The smallest absolute Gasteiger partial charge is 0.0496 e. The Morgan fingerprint density at radius 1 is 1.33 bits per heavy atom. The van der Waals surface area contributed by atoms with Crippen LogP contribution in [0.1, 0.15) is 24.3 Å². The molecule has 2 nitrogen and oxygen atoms in total. The maximum absolute atomic E-state index is 4.24. The van der Waals surface area contributed by atoms with E-state index in [1.54, 1.807) is 0 Å². The second kappa shape index (κ2) is 3.23. The van der Waals surface area contributed by atoms with Crippen LogP contribution in [-0.2, 0) is 7.05 Å². The second-order valence-electron chi connectivity index (χ2n) is 4.24. The molecule has 0 bridgehead atoms. The number of hydrogen-bond acceptors (Lipinski definition) is 1. The van der Waals surface area contributed by atoms with E-state index in [1.807, 2.05) is 12.4 Å². The van der Waals surface area contributed by atoms with Crippen molar-refractivity contribution < 1.29 is 0 Å². The highest BCUT2D eigenvalue weighted by Gasteiger charge is 2.26. The minimum Gasteiger partial charge on any atom is -0.351 e. The molecule has 1 aliphatic carbocycles. The fourth-order valence-electron chi connectivity index (χ4n) is 2.11. The highest BCUT2D eigenvalue weighted by Crippen LogP contribution is 2.43. The lowest BCUT2D eigenvalue weighted by Crippen LogP contribution is -1.94. The van der Waals surface area contributed by atoms with Gasteiger partial charge in [0.05, 0.1) is 0 Å². The average molecular weight is 198 g/mol. The third-order valence-electron chi connectivity index (χ3n) is 3.09. The average Bonchev–Trinajstić information content (AvgIpc) is 3.02. The van der Waals surface area contributed by atoms with Gasteiger partial charge in [0.2, 0.25) is 0 Å². The van der Waals surface area contributed by atoms with Gasteiger partial charge in [-0.3, -0.25) is 4.98 Å². The van der Waals surface area contributed by atoms with Crippen molar-refractivity contribution in [1.82, 2.24) is 9.55 Å². The lowest BCUT2D eigenvalue weighted by atomic mass is 10.0. The van der Waals surface area contributed by atoms with Gasteiger partial charge in [0.1, 0.15) is 0 Å². The molecule has 0 radical (unpaired) electrons. The number of hydrogen-bond donors (Lipinski definition) is 0. The third-order valence-corrected chi connectivity index (χ3v) is 3.09. The molecule has 1 saturated carbocycles. The molecule has 2 aromatic rings. The molecule has 0 aliphatic heterocycles. The normalized spacial score (nSPS) is 15.5. The summed E-state index contributed by atoms with van der Waals surface area (Å²) in [5.74, 6) is 0.776. The van der Waals surface area contributed by atoms with E-state index in [4.69, 9.17) is 0 Å². The van der Waals surface area contributed by atoms with Crippen molar-refractivity contribution in [3.63, 3.8) is 0 Å². The van der Waals surface area contributed by atoms with Gasteiger partial charge in [0.25, 0.3) is 0 Å². The summed E-state index contributed by atoms with van der Waals surface area (Å²) >= 11 is 0. The Hall–Kier alpha value is -1.57. The van der Waals surface area contributed by atoms with Crippen molar-refractivity contribution in [3.8, 4) is 11.3 Å². The lowest BCUT2D eigenvalue weighted by molar-refractivity contribution is 0.931. The van der Waals surface area contributed by atoms with E-state index < -0.39 is 0 Å². The van der Waals surface area contributed by atoms with Crippen LogP contribution in [0.4, 0.5) is 0 Å². The van der Waals surface area contributed by atoms with Crippen molar-refractivity contribution in [2.75, 3.05) is 0 Å². The molecule has 0 saturated heterocycles. The minimum atomic E-state index is 0.776. The molecule has 0 amide bonds. The molecule has 0 spiro atoms. The molecule has 2 aromatic heterocycles. The van der Waals surface area contributed by atoms with E-state index in [0.29, 0.717) is 0 Å². The van der Waals surface area contributed by atoms with Crippen LogP contribution in [0.5, 0.6) is 0 Å². The Morgan fingerprint density at radius 2 is 2.20 bits per heavy atom. The number of nitrogens with zero attached hydrogens (tertiary/aromatic N) is 2. The topological polar surface area (TPSA) is 17.8 Å². The quantitative estimate of drug-likeness (QED) is 0.725. The Labute approximate surface area is 89.6 Å². The van der Waals surface area contributed by atoms with E-state index in [1.165, 1.54) is 29.7 Å². The highest BCUT2D eigenvalue weighted by molar-refractivity contribution is 5.64. The van der Waals surface area contributed by atoms with Crippen LogP contribution in [0.3, 0.4) is 0 Å². The molecule has 76 valence electrons. The predicted octanol–water partition coefficient (Wildman–Crippen LogP) is 2.96. The number of aromatic nitrogens is 2. The van der Waals surface area contributed by atoms with E-state index in [2.05, 4.69) is 41.0 Å². The second-order valence-corrected chi connectivity index (χ2v) is 4.24. The summed E-state index contributed by atoms with van der Waals surface area (Å²) in [6.07, 6.45) is 8.64. The molecular weight excluding hydrogens is 184 g/mol. The number of rotatable bonds is 2. The number of aryl methyl sites for hydroxylation is 1. The van der Waals surface area contributed by atoms with Gasteiger partial charge in [-0.25, -0.2) is 0 Å². The first-order valence-corrected chi connectivity index (χ1v) is 5.42. The van der Waals surface area contributed by atoms with Crippen molar-refractivity contribution in [3.05, 3.63) is 42.4 Å². The summed E-state index contributed by atoms with van der Waals surface area (Å²) in [6, 6.07) is 6.40. The molecule has 1 aliphatic rings. The zero-order chi connectivity index (χ0) is 10.3. The maximum atomic E-state index is 4.24. The molecule has 15 heavy (non-hydrogen) atoms. The third kappa shape index (κ3) is 1.46. The first kappa shape index (κ1) is 8.72. The zero-order valence-corrected chi connectivity index (χ0v) is 8.85. The molecule has 1 fully saturated rings. The van der Waals surface area contributed by atoms with Gasteiger partial charge in [-0.1, -0.05) is 0 Å². The SMILES string of the molecule is Cn1cccc1-c1cnccc1C1CC1. The monoisotopic (exact) mass is 198 g/mol. The van der Waals surface area contributed by atoms with Gasteiger partial charge in [-0.15, -0.1) is 0 Å². The molecule has 0 aromatic carbocycles. The van der Waals surface area contributed by atoms with Gasteiger partial charge in [-0.2, -0.15) is 0 Å². The van der Waals surface area contributed by atoms with Crippen molar-refractivity contribution in [1.29, 1.82) is 0 Å². The summed E-state index contributed by atoms with van der Waals surface area (Å²) in [7, 11) is 2.08. The lowest BCUT2D eigenvalue weighted by Gasteiger charge is -2.08. The Bertz CT molecular complexity index is 481. The van der Waals surface area contributed by atoms with E-state index >= 15 is 0 Å². The van der Waals surface area contributed by atoms with Gasteiger partial charge < -0.3 is 4.57 Å². The van der Waals surface area contributed by atoms with Gasteiger partial charge in [0, 0.05) is 36.9 Å². The fraction of sp³-hybridized carbons (Fsp3) is 0.308. The van der Waals surface area contributed by atoms with Gasteiger partial charge in [-0.05, 0) is 42.5 Å². The molecule has 0 atom stereocenters. The molecular formula is C13H14N2. The highest BCUT2D eigenvalue weighted by atomic mass is 14.9. The predicted molar refractivity (Wildman–Crippen MR) is 60.6 cm³/mol. The summed E-state index contributed by atoms with van der Waals surface area (Å²) in [5, 5.41) is 0. The Morgan fingerprint density at radius 3 is 2.87 bits per heavy atom. The van der Waals surface area contributed by atoms with Gasteiger partial charge in [0.15, 0.2) is 0 Å². The first-order valence-electron chi connectivity index (χ1n) is 5.42. The van der Waals surface area contributed by atoms with E-state index in [-0.39, 0.29) is 0 Å². The van der Waals surface area contributed by atoms with E-state index in [9.17, 15) is 0 Å².